The Hall–Kier alpha value is -2.72. The van der Waals surface area contributed by atoms with Crippen molar-refractivity contribution >= 4 is 17.5 Å². The second kappa shape index (κ2) is 7.90. The van der Waals surface area contributed by atoms with Crippen LogP contribution in [0.25, 0.3) is 11.4 Å². The van der Waals surface area contributed by atoms with Crippen molar-refractivity contribution in [3.8, 4) is 11.4 Å². The van der Waals surface area contributed by atoms with Gasteiger partial charge in [0.25, 0.3) is 5.91 Å². The van der Waals surface area contributed by atoms with Crippen LogP contribution in [0.2, 0.25) is 5.02 Å². The van der Waals surface area contributed by atoms with Gasteiger partial charge in [0.15, 0.2) is 5.82 Å². The van der Waals surface area contributed by atoms with Crippen molar-refractivity contribution in [3.63, 3.8) is 0 Å². The first-order valence-electron chi connectivity index (χ1n) is 8.11. The average molecular weight is 352 g/mol. The highest BCUT2D eigenvalue weighted by molar-refractivity contribution is 6.30. The normalized spacial score (nSPS) is 11.8. The summed E-state index contributed by atoms with van der Waals surface area (Å²) in [6, 6.07) is 17.1. The van der Waals surface area contributed by atoms with Crippen LogP contribution in [-0.4, -0.2) is 15.9 Å². The van der Waals surface area contributed by atoms with E-state index in [1.54, 1.807) is 12.4 Å². The van der Waals surface area contributed by atoms with Gasteiger partial charge in [0.05, 0.1) is 11.6 Å². The number of hydrogen-bond acceptors (Lipinski definition) is 3. The van der Waals surface area contributed by atoms with E-state index in [0.717, 1.165) is 17.5 Å². The van der Waals surface area contributed by atoms with Gasteiger partial charge in [-0.3, -0.25) is 4.79 Å². The summed E-state index contributed by atoms with van der Waals surface area (Å²) < 4.78 is 0. The van der Waals surface area contributed by atoms with Crippen LogP contribution in [0, 0.1) is 0 Å². The van der Waals surface area contributed by atoms with Gasteiger partial charge in [0.2, 0.25) is 0 Å². The molecule has 0 aliphatic rings. The van der Waals surface area contributed by atoms with Gasteiger partial charge >= 0.3 is 0 Å². The molecule has 4 nitrogen and oxygen atoms in total. The number of nitrogens with one attached hydrogen (secondary N) is 1. The minimum atomic E-state index is -0.202. The topological polar surface area (TPSA) is 54.9 Å². The van der Waals surface area contributed by atoms with Crippen molar-refractivity contribution in [1.82, 2.24) is 15.3 Å². The highest BCUT2D eigenvalue weighted by atomic mass is 35.5. The number of carbonyl (C=O) groups excluding carboxylic acids is 1. The molecule has 2 aromatic carbocycles. The quantitative estimate of drug-likeness (QED) is 0.726. The summed E-state index contributed by atoms with van der Waals surface area (Å²) in [4.78, 5) is 21.1. The summed E-state index contributed by atoms with van der Waals surface area (Å²) in [5.41, 5.74) is 2.32. The molecule has 0 bridgehead atoms. The number of carbonyl (C=O) groups is 1. The molecular formula is C20H18ClN3O. The SMILES string of the molecule is CCC(NC(=O)c1cnc(-c2ccccc2)nc1)c1cccc(Cl)c1. The third-order valence-electron chi connectivity index (χ3n) is 3.91. The summed E-state index contributed by atoms with van der Waals surface area (Å²) >= 11 is 6.04. The van der Waals surface area contributed by atoms with E-state index in [9.17, 15) is 4.79 Å². The monoisotopic (exact) mass is 351 g/mol. The zero-order valence-electron chi connectivity index (χ0n) is 13.8. The minimum Gasteiger partial charge on any atom is -0.345 e. The summed E-state index contributed by atoms with van der Waals surface area (Å²) in [6.45, 7) is 2.01. The standard InChI is InChI=1S/C20H18ClN3O/c1-2-18(15-9-6-10-17(21)11-15)24-20(25)16-12-22-19(23-13-16)14-7-4-3-5-8-14/h3-13,18H,2H2,1H3,(H,24,25). The lowest BCUT2D eigenvalue weighted by molar-refractivity contribution is 0.0935. The Labute approximate surface area is 151 Å². The van der Waals surface area contributed by atoms with Crippen molar-refractivity contribution in [3.05, 3.63) is 83.1 Å². The molecule has 25 heavy (non-hydrogen) atoms. The highest BCUT2D eigenvalue weighted by Crippen LogP contribution is 2.21. The summed E-state index contributed by atoms with van der Waals surface area (Å²) in [7, 11) is 0. The van der Waals surface area contributed by atoms with Gasteiger partial charge in [-0.2, -0.15) is 0 Å². The maximum atomic E-state index is 12.5. The van der Waals surface area contributed by atoms with Crippen molar-refractivity contribution in [2.75, 3.05) is 0 Å². The molecule has 126 valence electrons. The first-order chi connectivity index (χ1) is 12.2. The molecule has 0 aliphatic carbocycles. The van der Waals surface area contributed by atoms with E-state index in [-0.39, 0.29) is 11.9 Å². The molecule has 1 aromatic heterocycles. The van der Waals surface area contributed by atoms with Crippen LogP contribution in [0.5, 0.6) is 0 Å². The van der Waals surface area contributed by atoms with Crippen LogP contribution in [0.1, 0.15) is 35.3 Å². The lowest BCUT2D eigenvalue weighted by Crippen LogP contribution is -2.28. The molecule has 0 fully saturated rings. The first kappa shape index (κ1) is 17.1. The van der Waals surface area contributed by atoms with Gasteiger partial charge in [-0.1, -0.05) is 61.0 Å². The lowest BCUT2D eigenvalue weighted by atomic mass is 10.0. The van der Waals surface area contributed by atoms with Crippen LogP contribution >= 0.6 is 11.6 Å². The molecule has 1 amide bonds. The Balaban J connectivity index is 1.74. The van der Waals surface area contributed by atoms with E-state index in [2.05, 4.69) is 15.3 Å². The minimum absolute atomic E-state index is 0.111. The molecule has 1 unspecified atom stereocenters. The largest absolute Gasteiger partial charge is 0.345 e. The summed E-state index contributed by atoms with van der Waals surface area (Å²) in [5.74, 6) is 0.394. The van der Waals surface area contributed by atoms with Crippen LogP contribution in [0.3, 0.4) is 0 Å². The Morgan fingerprint density at radius 1 is 1.08 bits per heavy atom. The fourth-order valence-corrected chi connectivity index (χ4v) is 2.77. The highest BCUT2D eigenvalue weighted by Gasteiger charge is 2.15. The third-order valence-corrected chi connectivity index (χ3v) is 4.15. The molecule has 1 N–H and O–H groups in total. The lowest BCUT2D eigenvalue weighted by Gasteiger charge is -2.17. The van der Waals surface area contributed by atoms with E-state index in [4.69, 9.17) is 11.6 Å². The van der Waals surface area contributed by atoms with E-state index in [1.807, 2.05) is 61.5 Å². The van der Waals surface area contributed by atoms with Crippen molar-refractivity contribution < 1.29 is 4.79 Å². The van der Waals surface area contributed by atoms with Crippen molar-refractivity contribution in [2.45, 2.75) is 19.4 Å². The smallest absolute Gasteiger partial charge is 0.254 e. The van der Waals surface area contributed by atoms with Crippen molar-refractivity contribution in [2.24, 2.45) is 0 Å². The second-order valence-corrected chi connectivity index (χ2v) is 6.09. The van der Waals surface area contributed by atoms with E-state index < -0.39 is 0 Å². The fourth-order valence-electron chi connectivity index (χ4n) is 2.57. The van der Waals surface area contributed by atoms with Crippen LogP contribution in [0.4, 0.5) is 0 Å². The van der Waals surface area contributed by atoms with Crippen molar-refractivity contribution in [1.29, 1.82) is 0 Å². The molecule has 1 heterocycles. The van der Waals surface area contributed by atoms with E-state index in [0.29, 0.717) is 16.4 Å². The zero-order valence-corrected chi connectivity index (χ0v) is 14.6. The van der Waals surface area contributed by atoms with E-state index in [1.165, 1.54) is 0 Å². The predicted molar refractivity (Wildman–Crippen MR) is 99.4 cm³/mol. The van der Waals surface area contributed by atoms with Gasteiger partial charge in [-0.15, -0.1) is 0 Å². The van der Waals surface area contributed by atoms with Gasteiger partial charge in [0, 0.05) is 23.0 Å². The van der Waals surface area contributed by atoms with Crippen LogP contribution in [-0.2, 0) is 0 Å². The molecular weight excluding hydrogens is 334 g/mol. The number of benzene rings is 2. The summed E-state index contributed by atoms with van der Waals surface area (Å²) in [5, 5.41) is 3.66. The zero-order chi connectivity index (χ0) is 17.6. The Morgan fingerprint density at radius 3 is 2.44 bits per heavy atom. The number of amides is 1. The number of aromatic nitrogens is 2. The van der Waals surface area contributed by atoms with Gasteiger partial charge in [-0.05, 0) is 24.1 Å². The molecule has 0 aliphatic heterocycles. The molecule has 5 heteroatoms. The Kier molecular flexibility index (Phi) is 5.41. The van der Waals surface area contributed by atoms with Gasteiger partial charge < -0.3 is 5.32 Å². The number of nitrogens with zero attached hydrogens (tertiary/aromatic N) is 2. The predicted octanol–water partition coefficient (Wildman–Crippen LogP) is 4.68. The average Bonchev–Trinajstić information content (AvgIpc) is 2.66. The maximum absolute atomic E-state index is 12.5. The molecule has 0 saturated heterocycles. The Bertz CT molecular complexity index is 850. The molecule has 0 spiro atoms. The Morgan fingerprint density at radius 2 is 1.80 bits per heavy atom. The summed E-state index contributed by atoms with van der Waals surface area (Å²) in [6.07, 6.45) is 3.86. The fraction of sp³-hybridized carbons (Fsp3) is 0.150. The van der Waals surface area contributed by atoms with Gasteiger partial charge in [0.1, 0.15) is 0 Å². The molecule has 0 radical (unpaired) electrons. The molecule has 3 aromatic rings. The van der Waals surface area contributed by atoms with Crippen LogP contribution in [0.15, 0.2) is 67.0 Å². The van der Waals surface area contributed by atoms with Crippen LogP contribution < -0.4 is 5.32 Å². The maximum Gasteiger partial charge on any atom is 0.254 e. The number of halogens is 1. The first-order valence-corrected chi connectivity index (χ1v) is 8.49. The second-order valence-electron chi connectivity index (χ2n) is 5.65. The third kappa shape index (κ3) is 4.22. The number of hydrogen-bond donors (Lipinski definition) is 1. The molecule has 0 saturated carbocycles. The van der Waals surface area contributed by atoms with E-state index >= 15 is 0 Å². The van der Waals surface area contributed by atoms with Gasteiger partial charge in [-0.25, -0.2) is 9.97 Å². The molecule has 3 rings (SSSR count). The molecule has 1 atom stereocenters. The number of rotatable bonds is 5.